The topological polar surface area (TPSA) is 104 Å². The number of aromatic nitrogens is 1. The minimum Gasteiger partial charge on any atom is -0.491 e. The molecule has 0 aliphatic heterocycles. The van der Waals surface area contributed by atoms with E-state index >= 15 is 0 Å². The Kier molecular flexibility index (Phi) is 7.59. The Hall–Kier alpha value is -2.64. The van der Waals surface area contributed by atoms with Gasteiger partial charge < -0.3 is 25.8 Å². The lowest BCUT2D eigenvalue weighted by molar-refractivity contribution is 0.203. The highest BCUT2D eigenvalue weighted by atomic mass is 16.6. The monoisotopic (exact) mass is 400 g/mol. The Balaban J connectivity index is 2.28. The van der Waals surface area contributed by atoms with Gasteiger partial charge in [0, 0.05) is 29.9 Å². The standard InChI is InChI=1S/C22H32N4O3/c1-15(2)12-22(3,24)14-28-19-7-6-16(10-18(19)13-26(4)5)17-8-9-25-20(11-17)29-21(23)27/h6-11,15H,12-14,24H2,1-5H3,(H2,23,27). The molecule has 0 fully saturated rings. The molecule has 7 heteroatoms. The van der Waals surface area contributed by atoms with Crippen LogP contribution in [0.15, 0.2) is 36.5 Å². The smallest absolute Gasteiger partial charge is 0.411 e. The predicted octanol–water partition coefficient (Wildman–Crippen LogP) is 3.41. The third kappa shape index (κ3) is 7.36. The lowest BCUT2D eigenvalue weighted by Crippen LogP contribution is -2.43. The van der Waals surface area contributed by atoms with Crippen molar-refractivity contribution in [2.75, 3.05) is 20.7 Å². The van der Waals surface area contributed by atoms with Gasteiger partial charge in [-0.2, -0.15) is 0 Å². The molecule has 0 saturated carbocycles. The molecule has 158 valence electrons. The fourth-order valence-corrected chi connectivity index (χ4v) is 3.35. The van der Waals surface area contributed by atoms with E-state index < -0.39 is 11.6 Å². The number of amides is 1. The summed E-state index contributed by atoms with van der Waals surface area (Å²) in [5.74, 6) is 1.48. The zero-order valence-electron chi connectivity index (χ0n) is 17.9. The van der Waals surface area contributed by atoms with E-state index in [9.17, 15) is 4.79 Å². The van der Waals surface area contributed by atoms with Gasteiger partial charge in [-0.25, -0.2) is 9.78 Å². The van der Waals surface area contributed by atoms with Crippen LogP contribution in [0.3, 0.4) is 0 Å². The average Bonchev–Trinajstić information content (AvgIpc) is 2.58. The molecule has 1 aromatic carbocycles. The Morgan fingerprint density at radius 2 is 1.90 bits per heavy atom. The van der Waals surface area contributed by atoms with E-state index in [1.54, 1.807) is 12.3 Å². The van der Waals surface area contributed by atoms with Crippen molar-refractivity contribution in [3.63, 3.8) is 0 Å². The van der Waals surface area contributed by atoms with Gasteiger partial charge in [0.15, 0.2) is 0 Å². The van der Waals surface area contributed by atoms with Crippen LogP contribution >= 0.6 is 0 Å². The molecule has 1 aromatic heterocycles. The number of ether oxygens (including phenoxy) is 2. The van der Waals surface area contributed by atoms with E-state index in [-0.39, 0.29) is 5.88 Å². The van der Waals surface area contributed by atoms with Gasteiger partial charge in [0.1, 0.15) is 12.4 Å². The van der Waals surface area contributed by atoms with E-state index in [2.05, 4.69) is 29.8 Å². The molecule has 29 heavy (non-hydrogen) atoms. The molecule has 2 aromatic rings. The van der Waals surface area contributed by atoms with Crippen molar-refractivity contribution in [3.05, 3.63) is 42.1 Å². The van der Waals surface area contributed by atoms with Gasteiger partial charge in [-0.3, -0.25) is 0 Å². The van der Waals surface area contributed by atoms with E-state index in [0.29, 0.717) is 19.1 Å². The van der Waals surface area contributed by atoms with Crippen LogP contribution in [0, 0.1) is 5.92 Å². The molecule has 1 heterocycles. The molecule has 0 bridgehead atoms. The van der Waals surface area contributed by atoms with E-state index in [4.69, 9.17) is 20.9 Å². The molecule has 2 rings (SSSR count). The van der Waals surface area contributed by atoms with Gasteiger partial charge in [0.2, 0.25) is 5.88 Å². The van der Waals surface area contributed by atoms with E-state index in [0.717, 1.165) is 28.9 Å². The lowest BCUT2D eigenvalue weighted by Gasteiger charge is -2.27. The molecule has 0 radical (unpaired) electrons. The van der Waals surface area contributed by atoms with Crippen LogP contribution in [0.25, 0.3) is 11.1 Å². The molecule has 1 amide bonds. The number of primary amides is 1. The fourth-order valence-electron chi connectivity index (χ4n) is 3.35. The maximum absolute atomic E-state index is 11.0. The van der Waals surface area contributed by atoms with Crippen molar-refractivity contribution in [1.29, 1.82) is 0 Å². The number of nitrogens with two attached hydrogens (primary N) is 2. The highest BCUT2D eigenvalue weighted by Crippen LogP contribution is 2.29. The second-order valence-corrected chi connectivity index (χ2v) is 8.40. The maximum atomic E-state index is 11.0. The lowest BCUT2D eigenvalue weighted by atomic mass is 9.93. The summed E-state index contributed by atoms with van der Waals surface area (Å²) in [4.78, 5) is 17.1. The van der Waals surface area contributed by atoms with Crippen molar-refractivity contribution >= 4 is 6.09 Å². The molecule has 0 saturated heterocycles. The Labute approximate surface area is 173 Å². The van der Waals surface area contributed by atoms with E-state index in [1.165, 1.54) is 0 Å². The number of pyridine rings is 1. The molecule has 0 aliphatic carbocycles. The number of carbonyl (C=O) groups excluding carboxylic acids is 1. The molecule has 1 atom stereocenters. The number of rotatable bonds is 9. The Morgan fingerprint density at radius 3 is 2.52 bits per heavy atom. The van der Waals surface area contributed by atoms with Crippen molar-refractivity contribution in [2.45, 2.75) is 39.3 Å². The Bertz CT molecular complexity index is 835. The summed E-state index contributed by atoms with van der Waals surface area (Å²) < 4.78 is 11.0. The van der Waals surface area contributed by atoms with Crippen LogP contribution in [0.4, 0.5) is 4.79 Å². The first-order chi connectivity index (χ1) is 13.6. The normalized spacial score (nSPS) is 13.4. The van der Waals surface area contributed by atoms with Crippen molar-refractivity contribution in [2.24, 2.45) is 17.4 Å². The summed E-state index contributed by atoms with van der Waals surface area (Å²) in [6.07, 6.45) is 1.57. The number of hydrogen-bond acceptors (Lipinski definition) is 6. The predicted molar refractivity (Wildman–Crippen MR) is 115 cm³/mol. The van der Waals surface area contributed by atoms with Gasteiger partial charge in [-0.05, 0) is 62.7 Å². The summed E-state index contributed by atoms with van der Waals surface area (Å²) in [5, 5.41) is 0. The summed E-state index contributed by atoms with van der Waals surface area (Å²) in [6.45, 7) is 7.48. The van der Waals surface area contributed by atoms with Crippen LogP contribution in [0.1, 0.15) is 32.8 Å². The minimum absolute atomic E-state index is 0.164. The van der Waals surface area contributed by atoms with E-state index in [1.807, 2.05) is 39.2 Å². The first-order valence-electron chi connectivity index (χ1n) is 9.69. The third-order valence-electron chi connectivity index (χ3n) is 4.25. The summed E-state index contributed by atoms with van der Waals surface area (Å²) >= 11 is 0. The van der Waals surface area contributed by atoms with Gasteiger partial charge in [0.05, 0.1) is 0 Å². The van der Waals surface area contributed by atoms with Crippen molar-refractivity contribution in [1.82, 2.24) is 9.88 Å². The fraction of sp³-hybridized carbons (Fsp3) is 0.455. The average molecular weight is 401 g/mol. The van der Waals surface area contributed by atoms with Gasteiger partial charge in [-0.15, -0.1) is 0 Å². The maximum Gasteiger partial charge on any atom is 0.411 e. The summed E-state index contributed by atoms with van der Waals surface area (Å²) in [6, 6.07) is 9.51. The first-order valence-corrected chi connectivity index (χ1v) is 9.69. The summed E-state index contributed by atoms with van der Waals surface area (Å²) in [5.41, 5.74) is 14.0. The minimum atomic E-state index is -0.891. The largest absolute Gasteiger partial charge is 0.491 e. The Morgan fingerprint density at radius 1 is 1.21 bits per heavy atom. The molecular weight excluding hydrogens is 368 g/mol. The second kappa shape index (κ2) is 9.71. The van der Waals surface area contributed by atoms with Crippen LogP contribution < -0.4 is 20.9 Å². The molecule has 4 N–H and O–H groups in total. The second-order valence-electron chi connectivity index (χ2n) is 8.40. The third-order valence-corrected chi connectivity index (χ3v) is 4.25. The number of benzene rings is 1. The summed E-state index contributed by atoms with van der Waals surface area (Å²) in [7, 11) is 4.01. The van der Waals surface area contributed by atoms with Crippen molar-refractivity contribution in [3.8, 4) is 22.8 Å². The highest BCUT2D eigenvalue weighted by Gasteiger charge is 2.22. The zero-order valence-corrected chi connectivity index (χ0v) is 17.9. The molecule has 0 spiro atoms. The van der Waals surface area contributed by atoms with Gasteiger partial charge >= 0.3 is 6.09 Å². The van der Waals surface area contributed by atoms with Gasteiger partial charge in [0.25, 0.3) is 0 Å². The number of hydrogen-bond donors (Lipinski definition) is 2. The SMILES string of the molecule is CC(C)CC(C)(N)COc1ccc(-c2ccnc(OC(N)=O)c2)cc1CN(C)C. The molecule has 0 aliphatic rings. The van der Waals surface area contributed by atoms with Crippen LogP contribution in [-0.2, 0) is 6.54 Å². The van der Waals surface area contributed by atoms with Crippen LogP contribution in [0.2, 0.25) is 0 Å². The zero-order chi connectivity index (χ0) is 21.6. The first kappa shape index (κ1) is 22.6. The molecule has 7 nitrogen and oxygen atoms in total. The number of nitrogens with zero attached hydrogens (tertiary/aromatic N) is 2. The quantitative estimate of drug-likeness (QED) is 0.668. The van der Waals surface area contributed by atoms with Gasteiger partial charge in [-0.1, -0.05) is 19.9 Å². The highest BCUT2D eigenvalue weighted by molar-refractivity contribution is 5.70. The molecule has 1 unspecified atom stereocenters. The molecular formula is C22H32N4O3. The number of carbonyl (C=O) groups is 1. The van der Waals surface area contributed by atoms with Crippen molar-refractivity contribution < 1.29 is 14.3 Å². The van der Waals surface area contributed by atoms with Crippen LogP contribution in [-0.4, -0.2) is 42.2 Å². The van der Waals surface area contributed by atoms with Crippen LogP contribution in [0.5, 0.6) is 11.6 Å².